The zero-order chi connectivity index (χ0) is 14.5. The lowest BCUT2D eigenvalue weighted by Crippen LogP contribution is -2.42. The van der Waals surface area contributed by atoms with E-state index in [1.165, 1.54) is 18.2 Å². The normalized spacial score (nSPS) is 16.6. The maximum absolute atomic E-state index is 13.0. The van der Waals surface area contributed by atoms with Gasteiger partial charge in [-0.1, -0.05) is 11.6 Å². The van der Waals surface area contributed by atoms with Gasteiger partial charge in [-0.25, -0.2) is 4.39 Å². The maximum atomic E-state index is 13.0. The standard InChI is InChI=1S/C14H18ClFN2O2.ClH/c1-10(14(19)18-7-2-5-17-6-8-18)20-13-4-3-11(16)9-12(13)15;/h3-4,9-10,17H,2,5-8H2,1H3;1H. The van der Waals surface area contributed by atoms with Crippen LogP contribution in [0.4, 0.5) is 4.39 Å². The fraction of sp³-hybridized carbons (Fsp3) is 0.500. The second-order valence-corrected chi connectivity index (χ2v) is 5.17. The molecule has 1 aromatic rings. The molecule has 1 N–H and O–H groups in total. The average molecular weight is 337 g/mol. The van der Waals surface area contributed by atoms with Crippen LogP contribution < -0.4 is 10.1 Å². The smallest absolute Gasteiger partial charge is 0.263 e. The Kier molecular flexibility index (Phi) is 7.22. The van der Waals surface area contributed by atoms with Crippen LogP contribution in [0.5, 0.6) is 5.75 Å². The topological polar surface area (TPSA) is 41.6 Å². The number of carbonyl (C=O) groups is 1. The Balaban J connectivity index is 0.00000220. The second-order valence-electron chi connectivity index (χ2n) is 4.76. The van der Waals surface area contributed by atoms with Crippen LogP contribution in [0, 0.1) is 5.82 Å². The molecular formula is C14H19Cl2FN2O2. The molecule has 0 bridgehead atoms. The lowest BCUT2D eigenvalue weighted by atomic mass is 10.3. The molecule has 0 radical (unpaired) electrons. The van der Waals surface area contributed by atoms with Crippen LogP contribution in [0.2, 0.25) is 5.02 Å². The molecule has 1 amide bonds. The number of ether oxygens (including phenoxy) is 1. The molecule has 0 aromatic heterocycles. The highest BCUT2D eigenvalue weighted by molar-refractivity contribution is 6.32. The van der Waals surface area contributed by atoms with Crippen LogP contribution >= 0.6 is 24.0 Å². The monoisotopic (exact) mass is 336 g/mol. The van der Waals surface area contributed by atoms with E-state index in [4.69, 9.17) is 16.3 Å². The first kappa shape index (κ1) is 18.0. The molecule has 7 heteroatoms. The first-order chi connectivity index (χ1) is 9.58. The van der Waals surface area contributed by atoms with Crippen molar-refractivity contribution in [1.29, 1.82) is 0 Å². The van der Waals surface area contributed by atoms with Gasteiger partial charge in [-0.3, -0.25) is 4.79 Å². The molecule has 1 unspecified atom stereocenters. The number of nitrogens with zero attached hydrogens (tertiary/aromatic N) is 1. The van der Waals surface area contributed by atoms with Gasteiger partial charge in [0.15, 0.2) is 6.10 Å². The van der Waals surface area contributed by atoms with E-state index in [0.717, 1.165) is 26.1 Å². The predicted octanol–water partition coefficient (Wildman–Crippen LogP) is 2.49. The highest BCUT2D eigenvalue weighted by Crippen LogP contribution is 2.26. The molecule has 1 aromatic carbocycles. The van der Waals surface area contributed by atoms with Crippen molar-refractivity contribution >= 4 is 29.9 Å². The van der Waals surface area contributed by atoms with Crippen LogP contribution in [0.25, 0.3) is 0 Å². The van der Waals surface area contributed by atoms with Crippen molar-refractivity contribution in [2.45, 2.75) is 19.4 Å². The summed E-state index contributed by atoms with van der Waals surface area (Å²) in [6.45, 7) is 4.78. The zero-order valence-electron chi connectivity index (χ0n) is 11.8. The third-order valence-electron chi connectivity index (χ3n) is 3.20. The molecule has 21 heavy (non-hydrogen) atoms. The van der Waals surface area contributed by atoms with Crippen LogP contribution in [0.1, 0.15) is 13.3 Å². The minimum Gasteiger partial charge on any atom is -0.479 e. The van der Waals surface area contributed by atoms with Gasteiger partial charge in [-0.2, -0.15) is 0 Å². The quantitative estimate of drug-likeness (QED) is 0.921. The highest BCUT2D eigenvalue weighted by Gasteiger charge is 2.23. The number of rotatable bonds is 3. The molecule has 1 fully saturated rings. The minimum atomic E-state index is -0.643. The fourth-order valence-electron chi connectivity index (χ4n) is 2.13. The molecule has 4 nitrogen and oxygen atoms in total. The van der Waals surface area contributed by atoms with Gasteiger partial charge in [0.25, 0.3) is 5.91 Å². The summed E-state index contributed by atoms with van der Waals surface area (Å²) in [5.74, 6) is -0.184. The summed E-state index contributed by atoms with van der Waals surface area (Å²) >= 11 is 5.89. The Morgan fingerprint density at radius 1 is 1.43 bits per heavy atom. The Hall–Kier alpha value is -1.04. The SMILES string of the molecule is CC(Oc1ccc(F)cc1Cl)C(=O)N1CCCNCC1.Cl. The molecule has 1 heterocycles. The molecule has 0 spiro atoms. The van der Waals surface area contributed by atoms with E-state index in [9.17, 15) is 9.18 Å². The Morgan fingerprint density at radius 2 is 2.19 bits per heavy atom. The van der Waals surface area contributed by atoms with Gasteiger partial charge in [-0.15, -0.1) is 12.4 Å². The third-order valence-corrected chi connectivity index (χ3v) is 3.49. The van der Waals surface area contributed by atoms with E-state index >= 15 is 0 Å². The Morgan fingerprint density at radius 3 is 2.90 bits per heavy atom. The molecule has 1 aliphatic rings. The fourth-order valence-corrected chi connectivity index (χ4v) is 2.35. The number of benzene rings is 1. The lowest BCUT2D eigenvalue weighted by Gasteiger charge is -2.24. The van der Waals surface area contributed by atoms with Crippen LogP contribution in [-0.4, -0.2) is 43.1 Å². The van der Waals surface area contributed by atoms with Crippen LogP contribution in [0.15, 0.2) is 18.2 Å². The summed E-state index contributed by atoms with van der Waals surface area (Å²) in [4.78, 5) is 14.1. The van der Waals surface area contributed by atoms with E-state index in [1.807, 2.05) is 0 Å². The van der Waals surface area contributed by atoms with Crippen LogP contribution in [-0.2, 0) is 4.79 Å². The van der Waals surface area contributed by atoms with E-state index in [0.29, 0.717) is 12.3 Å². The third kappa shape index (κ3) is 5.02. The number of hydrogen-bond donors (Lipinski definition) is 1. The summed E-state index contributed by atoms with van der Waals surface area (Å²) < 4.78 is 18.5. The Labute approximate surface area is 135 Å². The molecular weight excluding hydrogens is 318 g/mol. The molecule has 1 atom stereocenters. The van der Waals surface area contributed by atoms with Crippen LogP contribution in [0.3, 0.4) is 0 Å². The first-order valence-electron chi connectivity index (χ1n) is 6.69. The molecule has 1 aliphatic heterocycles. The van der Waals surface area contributed by atoms with Gasteiger partial charge < -0.3 is 15.0 Å². The molecule has 2 rings (SSSR count). The maximum Gasteiger partial charge on any atom is 0.263 e. The van der Waals surface area contributed by atoms with Crippen molar-refractivity contribution < 1.29 is 13.9 Å². The molecule has 118 valence electrons. The Bertz CT molecular complexity index is 480. The molecule has 0 saturated carbocycles. The number of carbonyl (C=O) groups excluding carboxylic acids is 1. The number of amides is 1. The number of hydrogen-bond acceptors (Lipinski definition) is 3. The van der Waals surface area contributed by atoms with Crippen molar-refractivity contribution in [3.8, 4) is 5.75 Å². The summed E-state index contributed by atoms with van der Waals surface area (Å²) in [6.07, 6.45) is 0.284. The predicted molar refractivity (Wildman–Crippen MR) is 82.8 cm³/mol. The first-order valence-corrected chi connectivity index (χ1v) is 7.07. The molecule has 0 aliphatic carbocycles. The number of halogens is 3. The van der Waals surface area contributed by atoms with E-state index in [-0.39, 0.29) is 23.3 Å². The second kappa shape index (κ2) is 8.41. The van der Waals surface area contributed by atoms with E-state index in [2.05, 4.69) is 5.32 Å². The van der Waals surface area contributed by atoms with Crippen molar-refractivity contribution in [2.24, 2.45) is 0 Å². The van der Waals surface area contributed by atoms with Crippen molar-refractivity contribution in [2.75, 3.05) is 26.2 Å². The zero-order valence-corrected chi connectivity index (χ0v) is 13.3. The van der Waals surface area contributed by atoms with Crippen molar-refractivity contribution in [3.63, 3.8) is 0 Å². The van der Waals surface area contributed by atoms with Gasteiger partial charge in [0, 0.05) is 19.6 Å². The van der Waals surface area contributed by atoms with Gasteiger partial charge in [0.2, 0.25) is 0 Å². The van der Waals surface area contributed by atoms with Gasteiger partial charge in [0.05, 0.1) is 5.02 Å². The van der Waals surface area contributed by atoms with E-state index in [1.54, 1.807) is 11.8 Å². The van der Waals surface area contributed by atoms with Crippen molar-refractivity contribution in [1.82, 2.24) is 10.2 Å². The number of nitrogens with one attached hydrogen (secondary N) is 1. The summed E-state index contributed by atoms with van der Waals surface area (Å²) in [5, 5.41) is 3.41. The average Bonchev–Trinajstić information content (AvgIpc) is 2.70. The van der Waals surface area contributed by atoms with Gasteiger partial charge in [0.1, 0.15) is 11.6 Å². The highest BCUT2D eigenvalue weighted by atomic mass is 35.5. The summed E-state index contributed by atoms with van der Waals surface area (Å²) in [7, 11) is 0. The largest absolute Gasteiger partial charge is 0.479 e. The van der Waals surface area contributed by atoms with Crippen molar-refractivity contribution in [3.05, 3.63) is 29.0 Å². The van der Waals surface area contributed by atoms with Gasteiger partial charge in [-0.05, 0) is 38.1 Å². The summed E-state index contributed by atoms with van der Waals surface area (Å²) in [6, 6.07) is 3.86. The minimum absolute atomic E-state index is 0. The van der Waals surface area contributed by atoms with Gasteiger partial charge >= 0.3 is 0 Å². The van der Waals surface area contributed by atoms with E-state index < -0.39 is 11.9 Å². The lowest BCUT2D eigenvalue weighted by molar-refractivity contribution is -0.137. The summed E-state index contributed by atoms with van der Waals surface area (Å²) in [5.41, 5.74) is 0. The molecule has 1 saturated heterocycles.